The molecule has 0 bridgehead atoms. The number of nitrogens with one attached hydrogen (secondary N) is 1. The van der Waals surface area contributed by atoms with Crippen molar-refractivity contribution in [2.45, 2.75) is 50.6 Å². The standard InChI is InChI=1S/C20H26F4N6O3S2/c1-35(32,33)30-8-2-12(3-9-30)26-19-25-10-14(21)16(28-19)17-18(20(22,23)24)27-15(34-17)11-29-6-4-13(31)5-7-29/h10,12-13,31H,2-9,11H2,1H3,(H,25,26,28). The van der Waals surface area contributed by atoms with Gasteiger partial charge in [-0.1, -0.05) is 0 Å². The van der Waals surface area contributed by atoms with Crippen LogP contribution < -0.4 is 5.32 Å². The molecular formula is C20H26F4N6O3S2. The molecule has 0 radical (unpaired) electrons. The van der Waals surface area contributed by atoms with Gasteiger partial charge in [0.1, 0.15) is 10.7 Å². The number of hydrogen-bond acceptors (Lipinski definition) is 9. The molecule has 0 aliphatic carbocycles. The Morgan fingerprint density at radius 1 is 1.14 bits per heavy atom. The van der Waals surface area contributed by atoms with Gasteiger partial charge in [-0.3, -0.25) is 4.90 Å². The van der Waals surface area contributed by atoms with Crippen LogP contribution in [0, 0.1) is 5.82 Å². The Morgan fingerprint density at radius 2 is 1.80 bits per heavy atom. The van der Waals surface area contributed by atoms with Crippen LogP contribution in [0.1, 0.15) is 36.4 Å². The summed E-state index contributed by atoms with van der Waals surface area (Å²) in [5, 5.41) is 12.8. The van der Waals surface area contributed by atoms with Gasteiger partial charge in [-0.2, -0.15) is 13.2 Å². The van der Waals surface area contributed by atoms with Gasteiger partial charge in [-0.15, -0.1) is 11.3 Å². The van der Waals surface area contributed by atoms with E-state index in [-0.39, 0.29) is 36.6 Å². The molecule has 2 aromatic rings. The molecule has 9 nitrogen and oxygen atoms in total. The smallest absolute Gasteiger partial charge is 0.393 e. The van der Waals surface area contributed by atoms with Crippen molar-refractivity contribution in [1.82, 2.24) is 24.2 Å². The van der Waals surface area contributed by atoms with Crippen LogP contribution in [0.3, 0.4) is 0 Å². The molecule has 15 heteroatoms. The van der Waals surface area contributed by atoms with E-state index in [0.717, 1.165) is 23.8 Å². The van der Waals surface area contributed by atoms with Crippen LogP contribution in [0.5, 0.6) is 0 Å². The molecule has 0 saturated carbocycles. The molecule has 4 heterocycles. The zero-order chi connectivity index (χ0) is 25.4. The number of rotatable bonds is 6. The predicted octanol–water partition coefficient (Wildman–Crippen LogP) is 2.55. The highest BCUT2D eigenvalue weighted by molar-refractivity contribution is 7.88. The topological polar surface area (TPSA) is 112 Å². The lowest BCUT2D eigenvalue weighted by atomic mass is 10.1. The molecule has 0 unspecified atom stereocenters. The second-order valence-electron chi connectivity index (χ2n) is 8.76. The van der Waals surface area contributed by atoms with Crippen molar-refractivity contribution in [1.29, 1.82) is 0 Å². The minimum atomic E-state index is -4.80. The van der Waals surface area contributed by atoms with E-state index < -0.39 is 44.4 Å². The number of sulfonamides is 1. The van der Waals surface area contributed by atoms with Crippen LogP contribution in [-0.4, -0.2) is 82.3 Å². The Balaban J connectivity index is 1.55. The molecule has 2 saturated heterocycles. The lowest BCUT2D eigenvalue weighted by molar-refractivity contribution is -0.140. The van der Waals surface area contributed by atoms with Crippen molar-refractivity contribution >= 4 is 27.3 Å². The summed E-state index contributed by atoms with van der Waals surface area (Å²) < 4.78 is 80.7. The quantitative estimate of drug-likeness (QED) is 0.540. The summed E-state index contributed by atoms with van der Waals surface area (Å²) in [5.74, 6) is -1.03. The maximum Gasteiger partial charge on any atom is 0.434 e. The van der Waals surface area contributed by atoms with E-state index in [9.17, 15) is 31.1 Å². The molecule has 4 rings (SSSR count). The van der Waals surface area contributed by atoms with Gasteiger partial charge in [-0.25, -0.2) is 32.1 Å². The number of aliphatic hydroxyl groups is 1. The van der Waals surface area contributed by atoms with Gasteiger partial charge in [0, 0.05) is 32.2 Å². The maximum atomic E-state index is 14.6. The minimum absolute atomic E-state index is 0.0349. The van der Waals surface area contributed by atoms with Crippen LogP contribution in [-0.2, 0) is 22.7 Å². The summed E-state index contributed by atoms with van der Waals surface area (Å²) in [6.45, 7) is 1.80. The lowest BCUT2D eigenvalue weighted by Gasteiger charge is -2.30. The second kappa shape index (κ2) is 10.2. The van der Waals surface area contributed by atoms with Gasteiger partial charge in [0.15, 0.2) is 11.5 Å². The average molecular weight is 539 g/mol. The first-order valence-corrected chi connectivity index (χ1v) is 13.8. The Morgan fingerprint density at radius 3 is 2.40 bits per heavy atom. The summed E-state index contributed by atoms with van der Waals surface area (Å²) in [6, 6.07) is -0.208. The number of aliphatic hydroxyl groups excluding tert-OH is 1. The molecular weight excluding hydrogens is 512 g/mol. The summed E-state index contributed by atoms with van der Waals surface area (Å²) in [7, 11) is -3.30. The van der Waals surface area contributed by atoms with Crippen molar-refractivity contribution < 1.29 is 31.1 Å². The van der Waals surface area contributed by atoms with E-state index in [1.54, 1.807) is 0 Å². The van der Waals surface area contributed by atoms with Gasteiger partial charge in [-0.05, 0) is 25.7 Å². The maximum absolute atomic E-state index is 14.6. The number of hydrogen-bond donors (Lipinski definition) is 2. The molecule has 194 valence electrons. The number of likely N-dealkylation sites (tertiary alicyclic amines) is 1. The summed E-state index contributed by atoms with van der Waals surface area (Å²) in [5.41, 5.74) is -1.68. The molecule has 2 aliphatic rings. The summed E-state index contributed by atoms with van der Waals surface area (Å²) in [4.78, 5) is 13.2. The van der Waals surface area contributed by atoms with Crippen LogP contribution in [0.15, 0.2) is 6.20 Å². The van der Waals surface area contributed by atoms with Gasteiger partial charge in [0.05, 0.1) is 30.0 Å². The molecule has 2 N–H and O–H groups in total. The van der Waals surface area contributed by atoms with E-state index in [4.69, 9.17) is 0 Å². The van der Waals surface area contributed by atoms with Crippen LogP contribution in [0.4, 0.5) is 23.5 Å². The zero-order valence-corrected chi connectivity index (χ0v) is 20.6. The van der Waals surface area contributed by atoms with Crippen molar-refractivity contribution in [3.05, 3.63) is 22.7 Å². The first-order chi connectivity index (χ1) is 16.4. The third-order valence-electron chi connectivity index (χ3n) is 6.07. The Labute approximate surface area is 204 Å². The van der Waals surface area contributed by atoms with Gasteiger partial charge < -0.3 is 10.4 Å². The van der Waals surface area contributed by atoms with Crippen molar-refractivity contribution in [3.8, 4) is 10.6 Å². The first kappa shape index (κ1) is 26.1. The van der Waals surface area contributed by atoms with Crippen LogP contribution >= 0.6 is 11.3 Å². The number of aromatic nitrogens is 3. The molecule has 0 atom stereocenters. The fourth-order valence-corrected chi connectivity index (χ4v) is 6.16. The summed E-state index contributed by atoms with van der Waals surface area (Å²) in [6.07, 6.45) is -1.30. The Kier molecular flexibility index (Phi) is 7.62. The van der Waals surface area contributed by atoms with Gasteiger partial charge in [0.2, 0.25) is 16.0 Å². The molecule has 0 spiro atoms. The average Bonchev–Trinajstić information content (AvgIpc) is 3.21. The third kappa shape index (κ3) is 6.44. The molecule has 0 aromatic carbocycles. The number of alkyl halides is 3. The van der Waals surface area contributed by atoms with E-state index in [1.807, 2.05) is 4.90 Å². The van der Waals surface area contributed by atoms with Crippen molar-refractivity contribution in [2.75, 3.05) is 37.8 Å². The highest BCUT2D eigenvalue weighted by Crippen LogP contribution is 2.41. The molecule has 35 heavy (non-hydrogen) atoms. The molecule has 2 aliphatic heterocycles. The number of anilines is 1. The number of piperidine rings is 2. The third-order valence-corrected chi connectivity index (χ3v) is 8.42. The van der Waals surface area contributed by atoms with E-state index in [1.165, 1.54) is 4.31 Å². The minimum Gasteiger partial charge on any atom is -0.393 e. The first-order valence-electron chi connectivity index (χ1n) is 11.1. The number of thiazole rings is 1. The molecule has 2 fully saturated rings. The summed E-state index contributed by atoms with van der Waals surface area (Å²) >= 11 is 0.739. The fraction of sp³-hybridized carbons (Fsp3) is 0.650. The van der Waals surface area contributed by atoms with Gasteiger partial charge in [0.25, 0.3) is 0 Å². The van der Waals surface area contributed by atoms with Crippen molar-refractivity contribution in [2.24, 2.45) is 0 Å². The Bertz CT molecular complexity index is 1140. The predicted molar refractivity (Wildman–Crippen MR) is 122 cm³/mol. The number of halogens is 4. The van der Waals surface area contributed by atoms with Crippen LogP contribution in [0.25, 0.3) is 10.6 Å². The van der Waals surface area contributed by atoms with E-state index in [2.05, 4.69) is 20.3 Å². The number of nitrogens with zero attached hydrogens (tertiary/aromatic N) is 5. The van der Waals surface area contributed by atoms with E-state index in [0.29, 0.717) is 38.8 Å². The SMILES string of the molecule is CS(=O)(=O)N1CCC(Nc2ncc(F)c(-c3sc(CN4CCC(O)CC4)nc3C(F)(F)F)n2)CC1. The fourth-order valence-electron chi connectivity index (χ4n) is 4.16. The molecule has 0 amide bonds. The van der Waals surface area contributed by atoms with E-state index >= 15 is 0 Å². The van der Waals surface area contributed by atoms with Crippen molar-refractivity contribution in [3.63, 3.8) is 0 Å². The molecule has 2 aromatic heterocycles. The second-order valence-corrected chi connectivity index (χ2v) is 11.8. The normalized spacial score (nSPS) is 19.8. The van der Waals surface area contributed by atoms with Crippen LogP contribution in [0.2, 0.25) is 0 Å². The highest BCUT2D eigenvalue weighted by Gasteiger charge is 2.39. The zero-order valence-electron chi connectivity index (χ0n) is 18.9. The highest BCUT2D eigenvalue weighted by atomic mass is 32.2. The monoisotopic (exact) mass is 538 g/mol. The lowest BCUT2D eigenvalue weighted by Crippen LogP contribution is -2.42. The Hall–Kier alpha value is -1.94. The largest absolute Gasteiger partial charge is 0.434 e. The van der Waals surface area contributed by atoms with Gasteiger partial charge >= 0.3 is 6.18 Å².